The Morgan fingerprint density at radius 3 is 2.33 bits per heavy atom. The summed E-state index contributed by atoms with van der Waals surface area (Å²) in [6, 6.07) is 14.8. The van der Waals surface area contributed by atoms with Crippen molar-refractivity contribution in [2.75, 3.05) is 0 Å². The van der Waals surface area contributed by atoms with E-state index in [2.05, 4.69) is 29.5 Å². The van der Waals surface area contributed by atoms with Crippen LogP contribution in [0.5, 0.6) is 0 Å². The maximum atomic E-state index is 13.0. The zero-order valence-corrected chi connectivity index (χ0v) is 18.0. The van der Waals surface area contributed by atoms with E-state index in [4.69, 9.17) is 0 Å². The van der Waals surface area contributed by atoms with E-state index >= 15 is 0 Å². The zero-order chi connectivity index (χ0) is 21.3. The number of pyridine rings is 1. The summed E-state index contributed by atoms with van der Waals surface area (Å²) >= 11 is 0. The third-order valence-corrected chi connectivity index (χ3v) is 6.17. The van der Waals surface area contributed by atoms with E-state index in [1.165, 1.54) is 0 Å². The molecular weight excluding hydrogens is 374 g/mol. The van der Waals surface area contributed by atoms with Crippen LogP contribution in [0, 0.1) is 17.8 Å². The van der Waals surface area contributed by atoms with E-state index in [1.807, 2.05) is 48.5 Å². The average Bonchev–Trinajstić information content (AvgIpc) is 2.78. The first kappa shape index (κ1) is 22.0. The Bertz CT molecular complexity index is 800. The van der Waals surface area contributed by atoms with Crippen LogP contribution in [0.15, 0.2) is 54.7 Å². The van der Waals surface area contributed by atoms with Gasteiger partial charge in [0.1, 0.15) is 6.04 Å². The molecule has 0 saturated heterocycles. The van der Waals surface area contributed by atoms with Crippen LogP contribution in [0.1, 0.15) is 50.8 Å². The minimum atomic E-state index is -0.591. The van der Waals surface area contributed by atoms with Crippen molar-refractivity contribution in [1.82, 2.24) is 15.6 Å². The van der Waals surface area contributed by atoms with Crippen molar-refractivity contribution in [2.45, 2.75) is 58.5 Å². The summed E-state index contributed by atoms with van der Waals surface area (Å²) in [4.78, 5) is 30.1. The van der Waals surface area contributed by atoms with Crippen molar-refractivity contribution >= 4 is 11.8 Å². The zero-order valence-electron chi connectivity index (χ0n) is 18.0. The molecule has 1 heterocycles. The maximum absolute atomic E-state index is 13.0. The lowest BCUT2D eigenvalue weighted by Gasteiger charge is -2.31. The van der Waals surface area contributed by atoms with Crippen LogP contribution in [-0.2, 0) is 22.6 Å². The summed E-state index contributed by atoms with van der Waals surface area (Å²) < 4.78 is 0. The average molecular weight is 408 g/mol. The lowest BCUT2D eigenvalue weighted by molar-refractivity contribution is -0.132. The van der Waals surface area contributed by atoms with Gasteiger partial charge in [0.15, 0.2) is 0 Å². The molecule has 0 aliphatic heterocycles. The van der Waals surface area contributed by atoms with E-state index in [9.17, 15) is 9.59 Å². The van der Waals surface area contributed by atoms with Gasteiger partial charge in [-0.15, -0.1) is 0 Å². The van der Waals surface area contributed by atoms with Crippen molar-refractivity contribution in [3.63, 3.8) is 0 Å². The number of aromatic nitrogens is 1. The summed E-state index contributed by atoms with van der Waals surface area (Å²) in [6.45, 7) is 4.86. The Kier molecular flexibility index (Phi) is 8.00. The minimum Gasteiger partial charge on any atom is -0.349 e. The van der Waals surface area contributed by atoms with Gasteiger partial charge in [-0.3, -0.25) is 14.6 Å². The number of benzene rings is 1. The number of amides is 2. The van der Waals surface area contributed by atoms with Gasteiger partial charge in [0.05, 0.1) is 12.2 Å². The quantitative estimate of drug-likeness (QED) is 0.697. The van der Waals surface area contributed by atoms with Crippen LogP contribution in [-0.4, -0.2) is 22.8 Å². The summed E-state index contributed by atoms with van der Waals surface area (Å²) in [7, 11) is 0. The van der Waals surface area contributed by atoms with Gasteiger partial charge in [0.25, 0.3) is 0 Å². The fraction of sp³-hybridized carbons (Fsp3) is 0.480. The molecule has 0 bridgehead atoms. The van der Waals surface area contributed by atoms with Crippen LogP contribution >= 0.6 is 0 Å². The molecule has 30 heavy (non-hydrogen) atoms. The van der Waals surface area contributed by atoms with Gasteiger partial charge in [-0.25, -0.2) is 0 Å². The molecule has 1 atom stereocenters. The predicted octanol–water partition coefficient (Wildman–Crippen LogP) is 3.89. The Labute approximate surface area is 179 Å². The van der Waals surface area contributed by atoms with Crippen LogP contribution < -0.4 is 10.6 Å². The number of hydrogen-bond donors (Lipinski definition) is 2. The van der Waals surface area contributed by atoms with Crippen molar-refractivity contribution in [1.29, 1.82) is 0 Å². The smallest absolute Gasteiger partial charge is 0.243 e. The molecule has 1 aliphatic rings. The Morgan fingerprint density at radius 1 is 1.00 bits per heavy atom. The van der Waals surface area contributed by atoms with Crippen molar-refractivity contribution < 1.29 is 9.59 Å². The standard InChI is InChI=1S/C25H33N3O2/c1-18(2)20-11-13-21(14-12-20)24(29)28-23(16-19-8-4-3-5-9-19)25(30)27-17-22-10-6-7-15-26-22/h3-10,15,18,20-21,23H,11-14,16-17H2,1-2H3,(H,27,30)(H,28,29). The number of rotatable bonds is 8. The largest absolute Gasteiger partial charge is 0.349 e. The molecule has 160 valence electrons. The Hall–Kier alpha value is -2.69. The lowest BCUT2D eigenvalue weighted by atomic mass is 9.76. The first-order valence-electron chi connectivity index (χ1n) is 11.0. The van der Waals surface area contributed by atoms with Crippen LogP contribution in [0.3, 0.4) is 0 Å². The van der Waals surface area contributed by atoms with Gasteiger partial charge in [-0.1, -0.05) is 50.2 Å². The summed E-state index contributed by atoms with van der Waals surface area (Å²) in [5.74, 6) is 1.20. The molecule has 3 rings (SSSR count). The second kappa shape index (κ2) is 10.9. The van der Waals surface area contributed by atoms with E-state index in [1.54, 1.807) is 6.20 Å². The molecule has 1 unspecified atom stereocenters. The number of nitrogens with zero attached hydrogens (tertiary/aromatic N) is 1. The van der Waals surface area contributed by atoms with E-state index < -0.39 is 6.04 Å². The lowest BCUT2D eigenvalue weighted by Crippen LogP contribution is -2.50. The second-order valence-corrected chi connectivity index (χ2v) is 8.65. The van der Waals surface area contributed by atoms with Gasteiger partial charge in [-0.2, -0.15) is 0 Å². The third-order valence-electron chi connectivity index (χ3n) is 6.17. The van der Waals surface area contributed by atoms with Crippen molar-refractivity contribution in [2.24, 2.45) is 17.8 Å². The number of hydrogen-bond acceptors (Lipinski definition) is 3. The maximum Gasteiger partial charge on any atom is 0.243 e. The second-order valence-electron chi connectivity index (χ2n) is 8.65. The van der Waals surface area contributed by atoms with Crippen LogP contribution in [0.4, 0.5) is 0 Å². The molecule has 1 aliphatic carbocycles. The first-order valence-corrected chi connectivity index (χ1v) is 11.0. The summed E-state index contributed by atoms with van der Waals surface area (Å²) in [5, 5.41) is 5.98. The molecule has 5 heteroatoms. The van der Waals surface area contributed by atoms with Crippen molar-refractivity contribution in [3.05, 3.63) is 66.0 Å². The predicted molar refractivity (Wildman–Crippen MR) is 118 cm³/mol. The molecule has 1 fully saturated rings. The van der Waals surface area contributed by atoms with Gasteiger partial charge in [0, 0.05) is 18.5 Å². The highest BCUT2D eigenvalue weighted by Crippen LogP contribution is 2.33. The number of carbonyl (C=O) groups excluding carboxylic acids is 2. The number of nitrogens with one attached hydrogen (secondary N) is 2. The fourth-order valence-electron chi connectivity index (χ4n) is 4.20. The number of carbonyl (C=O) groups is 2. The topological polar surface area (TPSA) is 71.1 Å². The molecule has 1 saturated carbocycles. The SMILES string of the molecule is CC(C)C1CCC(C(=O)NC(Cc2ccccc2)C(=O)NCc2ccccn2)CC1. The molecule has 0 spiro atoms. The monoisotopic (exact) mass is 407 g/mol. The van der Waals surface area contributed by atoms with E-state index in [-0.39, 0.29) is 17.7 Å². The molecule has 2 amide bonds. The third kappa shape index (κ3) is 6.41. The fourth-order valence-corrected chi connectivity index (χ4v) is 4.20. The Balaban J connectivity index is 1.62. The highest BCUT2D eigenvalue weighted by molar-refractivity contribution is 5.88. The molecule has 0 radical (unpaired) electrons. The summed E-state index contributed by atoms with van der Waals surface area (Å²) in [5.41, 5.74) is 1.82. The minimum absolute atomic E-state index is 0.00173. The molecular formula is C25H33N3O2. The Morgan fingerprint density at radius 2 is 1.70 bits per heavy atom. The van der Waals surface area contributed by atoms with Gasteiger partial charge >= 0.3 is 0 Å². The van der Waals surface area contributed by atoms with Gasteiger partial charge in [-0.05, 0) is 55.2 Å². The summed E-state index contributed by atoms with van der Waals surface area (Å²) in [6.07, 6.45) is 6.17. The van der Waals surface area contributed by atoms with Crippen LogP contribution in [0.2, 0.25) is 0 Å². The van der Waals surface area contributed by atoms with Gasteiger partial charge in [0.2, 0.25) is 11.8 Å². The highest BCUT2D eigenvalue weighted by atomic mass is 16.2. The first-order chi connectivity index (χ1) is 14.5. The van der Waals surface area contributed by atoms with E-state index in [0.29, 0.717) is 24.8 Å². The molecule has 5 nitrogen and oxygen atoms in total. The normalized spacial score (nSPS) is 19.8. The van der Waals surface area contributed by atoms with Crippen molar-refractivity contribution in [3.8, 4) is 0 Å². The van der Waals surface area contributed by atoms with E-state index in [0.717, 1.165) is 36.9 Å². The molecule has 1 aromatic heterocycles. The molecule has 2 aromatic rings. The molecule has 2 N–H and O–H groups in total. The van der Waals surface area contributed by atoms with Crippen LogP contribution in [0.25, 0.3) is 0 Å². The highest BCUT2D eigenvalue weighted by Gasteiger charge is 2.30. The molecule has 1 aromatic carbocycles. The van der Waals surface area contributed by atoms with Gasteiger partial charge < -0.3 is 10.6 Å².